The molecular weight excluding hydrogens is 289 g/mol. The maximum absolute atomic E-state index is 6.29. The van der Waals surface area contributed by atoms with Gasteiger partial charge in [-0.25, -0.2) is 0 Å². The van der Waals surface area contributed by atoms with Crippen LogP contribution < -0.4 is 5.32 Å². The Morgan fingerprint density at radius 1 is 1.00 bits per heavy atom. The number of aryl methyl sites for hydroxylation is 3. The van der Waals surface area contributed by atoms with Crippen molar-refractivity contribution in [1.82, 2.24) is 0 Å². The summed E-state index contributed by atoms with van der Waals surface area (Å²) in [5.74, 6) is 0. The fourth-order valence-corrected chi connectivity index (χ4v) is 3.03. The number of benzene rings is 2. The Bertz CT molecular complexity index is 612. The predicted octanol–water partition coefficient (Wildman–Crippen LogP) is 6.09. The Labute approximate surface area is 130 Å². The van der Waals surface area contributed by atoms with E-state index in [0.29, 0.717) is 10.0 Å². The van der Waals surface area contributed by atoms with Crippen molar-refractivity contribution in [1.29, 1.82) is 0 Å². The SMILES string of the molecule is Cc1cc(C)c(NC(C)c2cccc(Cl)c2Cl)c(C)c1. The maximum atomic E-state index is 6.29. The average Bonchev–Trinajstić information content (AvgIpc) is 2.36. The highest BCUT2D eigenvalue weighted by Crippen LogP contribution is 2.33. The predicted molar refractivity (Wildman–Crippen MR) is 89.2 cm³/mol. The fraction of sp³-hybridized carbons (Fsp3) is 0.294. The molecule has 1 nitrogen and oxygen atoms in total. The lowest BCUT2D eigenvalue weighted by Crippen LogP contribution is -2.09. The van der Waals surface area contributed by atoms with Crippen molar-refractivity contribution >= 4 is 28.9 Å². The molecule has 0 bridgehead atoms. The Balaban J connectivity index is 2.33. The average molecular weight is 308 g/mol. The third kappa shape index (κ3) is 3.11. The maximum Gasteiger partial charge on any atom is 0.0644 e. The van der Waals surface area contributed by atoms with Crippen LogP contribution in [0.25, 0.3) is 0 Å². The van der Waals surface area contributed by atoms with Crippen LogP contribution in [0, 0.1) is 20.8 Å². The van der Waals surface area contributed by atoms with E-state index in [9.17, 15) is 0 Å². The lowest BCUT2D eigenvalue weighted by molar-refractivity contribution is 0.880. The van der Waals surface area contributed by atoms with Gasteiger partial charge in [-0.15, -0.1) is 0 Å². The molecule has 0 radical (unpaired) electrons. The molecule has 0 spiro atoms. The first-order valence-electron chi connectivity index (χ1n) is 6.68. The number of anilines is 1. The molecule has 0 aliphatic heterocycles. The van der Waals surface area contributed by atoms with Gasteiger partial charge < -0.3 is 5.32 Å². The van der Waals surface area contributed by atoms with Gasteiger partial charge >= 0.3 is 0 Å². The van der Waals surface area contributed by atoms with Gasteiger partial charge in [0.05, 0.1) is 16.1 Å². The zero-order chi connectivity index (χ0) is 14.9. The van der Waals surface area contributed by atoms with Crippen molar-refractivity contribution in [3.8, 4) is 0 Å². The fourth-order valence-electron chi connectivity index (χ4n) is 2.56. The number of hydrogen-bond acceptors (Lipinski definition) is 1. The molecule has 0 amide bonds. The van der Waals surface area contributed by atoms with Gasteiger partial charge in [-0.05, 0) is 50.5 Å². The van der Waals surface area contributed by atoms with Gasteiger partial charge in [0.2, 0.25) is 0 Å². The van der Waals surface area contributed by atoms with E-state index in [2.05, 4.69) is 45.1 Å². The van der Waals surface area contributed by atoms with Crippen LogP contribution >= 0.6 is 23.2 Å². The normalized spacial score (nSPS) is 12.3. The zero-order valence-electron chi connectivity index (χ0n) is 12.2. The summed E-state index contributed by atoms with van der Waals surface area (Å²) < 4.78 is 0. The molecular formula is C17H19Cl2N. The molecule has 0 heterocycles. The van der Waals surface area contributed by atoms with Crippen molar-refractivity contribution in [3.05, 3.63) is 62.6 Å². The van der Waals surface area contributed by atoms with Crippen LogP contribution in [0.1, 0.15) is 35.2 Å². The van der Waals surface area contributed by atoms with E-state index < -0.39 is 0 Å². The highest BCUT2D eigenvalue weighted by molar-refractivity contribution is 6.42. The second-order valence-corrected chi connectivity index (χ2v) is 6.07. The topological polar surface area (TPSA) is 12.0 Å². The summed E-state index contributed by atoms with van der Waals surface area (Å²) in [5, 5.41) is 4.76. The van der Waals surface area contributed by atoms with Gasteiger partial charge in [0.25, 0.3) is 0 Å². The molecule has 106 valence electrons. The van der Waals surface area contributed by atoms with Crippen LogP contribution in [-0.4, -0.2) is 0 Å². The summed E-state index contributed by atoms with van der Waals surface area (Å²) in [5.41, 5.74) is 5.94. The summed E-state index contributed by atoms with van der Waals surface area (Å²) in [7, 11) is 0. The summed E-state index contributed by atoms with van der Waals surface area (Å²) in [4.78, 5) is 0. The molecule has 0 aliphatic carbocycles. The van der Waals surface area contributed by atoms with E-state index >= 15 is 0 Å². The Hall–Kier alpha value is -1.18. The van der Waals surface area contributed by atoms with E-state index in [1.165, 1.54) is 22.4 Å². The number of halogens is 2. The zero-order valence-corrected chi connectivity index (χ0v) is 13.7. The van der Waals surface area contributed by atoms with Gasteiger partial charge in [-0.1, -0.05) is 53.0 Å². The van der Waals surface area contributed by atoms with Crippen LogP contribution in [0.5, 0.6) is 0 Å². The summed E-state index contributed by atoms with van der Waals surface area (Å²) in [6.07, 6.45) is 0. The van der Waals surface area contributed by atoms with Crippen LogP contribution in [0.3, 0.4) is 0 Å². The van der Waals surface area contributed by atoms with E-state index in [0.717, 1.165) is 5.56 Å². The second kappa shape index (κ2) is 6.07. The highest BCUT2D eigenvalue weighted by atomic mass is 35.5. The minimum Gasteiger partial charge on any atom is -0.378 e. The van der Waals surface area contributed by atoms with E-state index in [1.807, 2.05) is 18.2 Å². The third-order valence-electron chi connectivity index (χ3n) is 3.49. The molecule has 1 N–H and O–H groups in total. The van der Waals surface area contributed by atoms with Gasteiger partial charge in [0.1, 0.15) is 0 Å². The minimum absolute atomic E-state index is 0.0984. The second-order valence-electron chi connectivity index (χ2n) is 5.28. The lowest BCUT2D eigenvalue weighted by Gasteiger charge is -2.21. The Morgan fingerprint density at radius 3 is 2.20 bits per heavy atom. The molecule has 20 heavy (non-hydrogen) atoms. The number of nitrogens with one attached hydrogen (secondary N) is 1. The minimum atomic E-state index is 0.0984. The Morgan fingerprint density at radius 2 is 1.60 bits per heavy atom. The molecule has 3 heteroatoms. The molecule has 0 aromatic heterocycles. The smallest absolute Gasteiger partial charge is 0.0644 e. The monoisotopic (exact) mass is 307 g/mol. The number of hydrogen-bond donors (Lipinski definition) is 1. The molecule has 2 aromatic carbocycles. The summed E-state index contributed by atoms with van der Waals surface area (Å²) >= 11 is 12.4. The number of rotatable bonds is 3. The van der Waals surface area contributed by atoms with Gasteiger partial charge in [-0.3, -0.25) is 0 Å². The van der Waals surface area contributed by atoms with Crippen LogP contribution in [0.15, 0.2) is 30.3 Å². The molecule has 1 atom stereocenters. The van der Waals surface area contributed by atoms with Gasteiger partial charge in [-0.2, -0.15) is 0 Å². The standard InChI is InChI=1S/C17H19Cl2N/c1-10-8-11(2)17(12(3)9-10)20-13(4)14-6-5-7-15(18)16(14)19/h5-9,13,20H,1-4H3. The van der Waals surface area contributed by atoms with Gasteiger partial charge in [0.15, 0.2) is 0 Å². The largest absolute Gasteiger partial charge is 0.378 e. The van der Waals surface area contributed by atoms with Crippen LogP contribution in [-0.2, 0) is 0 Å². The summed E-state index contributed by atoms with van der Waals surface area (Å²) in [6, 6.07) is 10.2. The molecule has 0 fully saturated rings. The molecule has 0 aliphatic rings. The molecule has 2 rings (SSSR count). The first-order chi connectivity index (χ1) is 9.40. The molecule has 0 saturated heterocycles. The Kier molecular flexibility index (Phi) is 4.62. The van der Waals surface area contributed by atoms with Crippen molar-refractivity contribution < 1.29 is 0 Å². The van der Waals surface area contributed by atoms with Crippen molar-refractivity contribution in [2.45, 2.75) is 33.7 Å². The van der Waals surface area contributed by atoms with Crippen molar-refractivity contribution in [2.75, 3.05) is 5.32 Å². The van der Waals surface area contributed by atoms with Crippen LogP contribution in [0.2, 0.25) is 10.0 Å². The van der Waals surface area contributed by atoms with E-state index in [4.69, 9.17) is 23.2 Å². The van der Waals surface area contributed by atoms with Crippen LogP contribution in [0.4, 0.5) is 5.69 Å². The lowest BCUT2D eigenvalue weighted by atomic mass is 10.0. The van der Waals surface area contributed by atoms with E-state index in [-0.39, 0.29) is 6.04 Å². The van der Waals surface area contributed by atoms with E-state index in [1.54, 1.807) is 0 Å². The van der Waals surface area contributed by atoms with Gasteiger partial charge in [0, 0.05) is 5.69 Å². The van der Waals surface area contributed by atoms with Crippen molar-refractivity contribution in [2.24, 2.45) is 0 Å². The first-order valence-corrected chi connectivity index (χ1v) is 7.44. The molecule has 1 unspecified atom stereocenters. The molecule has 0 saturated carbocycles. The first kappa shape index (κ1) is 15.2. The third-order valence-corrected chi connectivity index (χ3v) is 4.32. The summed E-state index contributed by atoms with van der Waals surface area (Å²) in [6.45, 7) is 8.45. The van der Waals surface area contributed by atoms with Crippen molar-refractivity contribution in [3.63, 3.8) is 0 Å². The molecule has 2 aromatic rings. The highest BCUT2D eigenvalue weighted by Gasteiger charge is 2.13. The quantitative estimate of drug-likeness (QED) is 0.723.